The Labute approximate surface area is 242 Å². The quantitative estimate of drug-likeness (QED) is 0.113. The SMILES string of the molecule is CC(C(=O)Oc1ccc(-c2cc(F)c(-c3cc(F)c(C#N)c(F)c3)c(F)c2)cc1)c1ccc(-c2ccc(F)cc2)c(F)c1. The Hall–Kier alpha value is -5.36. The van der Waals surface area contributed by atoms with Crippen LogP contribution in [0.25, 0.3) is 33.4 Å². The Morgan fingerprint density at radius 2 is 1.21 bits per heavy atom. The molecule has 1 atom stereocenters. The Balaban J connectivity index is 1.31. The molecule has 3 nitrogen and oxygen atoms in total. The number of ether oxygens (including phenoxy) is 1. The van der Waals surface area contributed by atoms with Crippen molar-refractivity contribution in [2.24, 2.45) is 0 Å². The van der Waals surface area contributed by atoms with Crippen LogP contribution in [0.3, 0.4) is 0 Å². The lowest BCUT2D eigenvalue weighted by molar-refractivity contribution is -0.135. The molecule has 0 fully saturated rings. The molecule has 0 aliphatic heterocycles. The summed E-state index contributed by atoms with van der Waals surface area (Å²) in [6.07, 6.45) is 0. The molecule has 0 radical (unpaired) electrons. The first-order valence-corrected chi connectivity index (χ1v) is 12.8. The zero-order chi connectivity index (χ0) is 30.8. The summed E-state index contributed by atoms with van der Waals surface area (Å²) in [5.74, 6) is -7.08. The number of halogens is 6. The highest BCUT2D eigenvalue weighted by atomic mass is 19.2. The molecule has 43 heavy (non-hydrogen) atoms. The normalized spacial score (nSPS) is 11.6. The van der Waals surface area contributed by atoms with Crippen LogP contribution >= 0.6 is 0 Å². The number of nitrogens with zero attached hydrogens (tertiary/aromatic N) is 1. The van der Waals surface area contributed by atoms with E-state index in [0.29, 0.717) is 28.8 Å². The van der Waals surface area contributed by atoms with Gasteiger partial charge in [0.15, 0.2) is 0 Å². The van der Waals surface area contributed by atoms with Crippen molar-refractivity contribution in [1.82, 2.24) is 0 Å². The minimum Gasteiger partial charge on any atom is -0.426 e. The fourth-order valence-corrected chi connectivity index (χ4v) is 4.56. The average Bonchev–Trinajstić information content (AvgIpc) is 2.97. The molecule has 9 heteroatoms. The third-order valence-electron chi connectivity index (χ3n) is 6.89. The second-order valence-corrected chi connectivity index (χ2v) is 9.65. The Morgan fingerprint density at radius 1 is 0.651 bits per heavy atom. The van der Waals surface area contributed by atoms with Gasteiger partial charge in [-0.25, -0.2) is 26.3 Å². The maximum atomic E-state index is 14.9. The number of esters is 1. The zero-order valence-corrected chi connectivity index (χ0v) is 22.3. The second kappa shape index (κ2) is 11.9. The molecule has 0 N–H and O–H groups in total. The van der Waals surface area contributed by atoms with Gasteiger partial charge in [0.25, 0.3) is 0 Å². The summed E-state index contributed by atoms with van der Waals surface area (Å²) in [6, 6.07) is 20.0. The molecule has 0 spiro atoms. The highest BCUT2D eigenvalue weighted by Crippen LogP contribution is 2.34. The van der Waals surface area contributed by atoms with Crippen LogP contribution < -0.4 is 4.74 Å². The fraction of sp³-hybridized carbons (Fsp3) is 0.0588. The number of hydrogen-bond donors (Lipinski definition) is 0. The molecule has 1 unspecified atom stereocenters. The van der Waals surface area contributed by atoms with Gasteiger partial charge in [-0.05, 0) is 89.3 Å². The van der Waals surface area contributed by atoms with E-state index in [1.165, 1.54) is 66.7 Å². The van der Waals surface area contributed by atoms with Crippen LogP contribution in [0.1, 0.15) is 24.0 Å². The summed E-state index contributed by atoms with van der Waals surface area (Å²) < 4.78 is 91.3. The lowest BCUT2D eigenvalue weighted by Crippen LogP contribution is -2.16. The van der Waals surface area contributed by atoms with E-state index in [2.05, 4.69) is 0 Å². The number of nitriles is 1. The summed E-state index contributed by atoms with van der Waals surface area (Å²) in [4.78, 5) is 12.8. The first kappa shape index (κ1) is 29.1. The van der Waals surface area contributed by atoms with Crippen LogP contribution in [0.4, 0.5) is 26.3 Å². The van der Waals surface area contributed by atoms with Gasteiger partial charge in [0.1, 0.15) is 52.3 Å². The van der Waals surface area contributed by atoms with E-state index < -0.39 is 63.5 Å². The molecule has 0 aromatic heterocycles. The number of carbonyl (C=O) groups is 1. The lowest BCUT2D eigenvalue weighted by Gasteiger charge is -2.14. The fourth-order valence-electron chi connectivity index (χ4n) is 4.56. The minimum atomic E-state index is -1.24. The average molecular weight is 588 g/mol. The highest BCUT2D eigenvalue weighted by molar-refractivity contribution is 5.81. The molecule has 214 valence electrons. The van der Waals surface area contributed by atoms with Crippen molar-refractivity contribution in [2.75, 3.05) is 0 Å². The predicted octanol–water partition coefficient (Wildman–Crippen LogP) is 9.10. The maximum Gasteiger partial charge on any atom is 0.318 e. The van der Waals surface area contributed by atoms with Crippen molar-refractivity contribution in [3.05, 3.63) is 137 Å². The smallest absolute Gasteiger partial charge is 0.318 e. The van der Waals surface area contributed by atoms with E-state index in [0.717, 1.165) is 12.1 Å². The third kappa shape index (κ3) is 5.99. The molecular weight excluding hydrogens is 568 g/mol. The monoisotopic (exact) mass is 587 g/mol. The molecule has 0 aliphatic carbocycles. The molecular formula is C34H19F6NO2. The van der Waals surface area contributed by atoms with Crippen molar-refractivity contribution in [3.63, 3.8) is 0 Å². The molecule has 5 aromatic carbocycles. The molecule has 0 saturated carbocycles. The first-order valence-electron chi connectivity index (χ1n) is 12.8. The number of rotatable bonds is 6. The van der Waals surface area contributed by atoms with Crippen molar-refractivity contribution < 1.29 is 35.9 Å². The van der Waals surface area contributed by atoms with Crippen LogP contribution in [0.15, 0.2) is 91.0 Å². The lowest BCUT2D eigenvalue weighted by atomic mass is 9.97. The molecule has 5 aromatic rings. The van der Waals surface area contributed by atoms with Gasteiger partial charge in [-0.2, -0.15) is 5.26 Å². The molecule has 0 saturated heterocycles. The van der Waals surface area contributed by atoms with Crippen LogP contribution in [0.5, 0.6) is 5.75 Å². The van der Waals surface area contributed by atoms with E-state index in [4.69, 9.17) is 10.00 Å². The van der Waals surface area contributed by atoms with E-state index in [1.807, 2.05) is 0 Å². The summed E-state index contributed by atoms with van der Waals surface area (Å²) >= 11 is 0. The predicted molar refractivity (Wildman–Crippen MR) is 148 cm³/mol. The molecule has 0 bridgehead atoms. The minimum absolute atomic E-state index is 0.108. The zero-order valence-electron chi connectivity index (χ0n) is 22.3. The van der Waals surface area contributed by atoms with Gasteiger partial charge in [0, 0.05) is 5.56 Å². The van der Waals surface area contributed by atoms with Crippen molar-refractivity contribution in [2.45, 2.75) is 12.8 Å². The van der Waals surface area contributed by atoms with Crippen LogP contribution in [-0.4, -0.2) is 5.97 Å². The largest absolute Gasteiger partial charge is 0.426 e. The highest BCUT2D eigenvalue weighted by Gasteiger charge is 2.21. The number of carbonyl (C=O) groups excluding carboxylic acids is 1. The van der Waals surface area contributed by atoms with Crippen molar-refractivity contribution in [3.8, 4) is 45.2 Å². The van der Waals surface area contributed by atoms with E-state index in [-0.39, 0.29) is 16.9 Å². The Kier molecular flexibility index (Phi) is 8.04. The van der Waals surface area contributed by atoms with Crippen LogP contribution in [0, 0.1) is 46.2 Å². The van der Waals surface area contributed by atoms with Gasteiger partial charge in [0.2, 0.25) is 0 Å². The van der Waals surface area contributed by atoms with E-state index in [1.54, 1.807) is 13.0 Å². The van der Waals surface area contributed by atoms with Crippen molar-refractivity contribution in [1.29, 1.82) is 5.26 Å². The van der Waals surface area contributed by atoms with Gasteiger partial charge >= 0.3 is 5.97 Å². The Bertz CT molecular complexity index is 1850. The summed E-state index contributed by atoms with van der Waals surface area (Å²) in [5.41, 5.74) is -0.376. The van der Waals surface area contributed by atoms with Gasteiger partial charge in [-0.1, -0.05) is 36.4 Å². The molecule has 0 amide bonds. The molecule has 0 heterocycles. The number of hydrogen-bond acceptors (Lipinski definition) is 3. The van der Waals surface area contributed by atoms with E-state index in [9.17, 15) is 31.1 Å². The van der Waals surface area contributed by atoms with Crippen molar-refractivity contribution >= 4 is 5.97 Å². The topological polar surface area (TPSA) is 50.1 Å². The summed E-state index contributed by atoms with van der Waals surface area (Å²) in [6.45, 7) is 1.54. The maximum absolute atomic E-state index is 14.9. The van der Waals surface area contributed by atoms with Gasteiger partial charge in [-0.3, -0.25) is 4.79 Å². The van der Waals surface area contributed by atoms with Crippen LogP contribution in [0.2, 0.25) is 0 Å². The van der Waals surface area contributed by atoms with E-state index >= 15 is 0 Å². The Morgan fingerprint density at radius 3 is 1.77 bits per heavy atom. The summed E-state index contributed by atoms with van der Waals surface area (Å²) in [5, 5.41) is 8.81. The standard InChI is InChI=1S/C34H19F6NO2/c1-18(21-6-11-26(28(36)12-21)20-2-7-24(35)8-3-20)34(42)43-25-9-4-19(5-10-25)22-13-31(39)33(32(40)14-22)23-15-29(37)27(17-41)30(38)16-23/h2-16,18H,1H3. The second-order valence-electron chi connectivity index (χ2n) is 9.65. The molecule has 0 aliphatic rings. The first-order chi connectivity index (χ1) is 20.5. The third-order valence-corrected chi connectivity index (χ3v) is 6.89. The number of benzene rings is 5. The summed E-state index contributed by atoms with van der Waals surface area (Å²) in [7, 11) is 0. The van der Waals surface area contributed by atoms with Crippen LogP contribution in [-0.2, 0) is 4.79 Å². The van der Waals surface area contributed by atoms with Gasteiger partial charge in [0.05, 0.1) is 11.5 Å². The molecule has 5 rings (SSSR count). The van der Waals surface area contributed by atoms with Gasteiger partial charge in [-0.15, -0.1) is 0 Å². The van der Waals surface area contributed by atoms with Gasteiger partial charge < -0.3 is 4.74 Å².